The lowest BCUT2D eigenvalue weighted by molar-refractivity contribution is -0.132. The number of carbonyl (C=O) groups excluding carboxylic acids is 1. The van der Waals surface area contributed by atoms with Gasteiger partial charge in [0.25, 0.3) is 0 Å². The first-order valence-corrected chi connectivity index (χ1v) is 9.00. The van der Waals surface area contributed by atoms with E-state index in [1.807, 2.05) is 41.6 Å². The van der Waals surface area contributed by atoms with E-state index in [9.17, 15) is 4.79 Å². The molecule has 24 heavy (non-hydrogen) atoms. The second kappa shape index (κ2) is 6.05. The van der Waals surface area contributed by atoms with Gasteiger partial charge in [-0.2, -0.15) is 0 Å². The number of hydrogen-bond acceptors (Lipinski definition) is 2. The normalized spacial score (nSPS) is 21.8. The van der Waals surface area contributed by atoms with E-state index in [1.54, 1.807) is 6.07 Å². The minimum absolute atomic E-state index is 0.211. The fourth-order valence-corrected chi connectivity index (χ4v) is 4.35. The first-order valence-electron chi connectivity index (χ1n) is 8.25. The maximum absolute atomic E-state index is 13.2. The Morgan fingerprint density at radius 2 is 1.92 bits per heavy atom. The first-order chi connectivity index (χ1) is 11.6. The predicted octanol–water partition coefficient (Wildman–Crippen LogP) is 4.44. The molecule has 0 bridgehead atoms. The van der Waals surface area contributed by atoms with Crippen molar-refractivity contribution in [1.82, 2.24) is 9.88 Å². The second-order valence-electron chi connectivity index (χ2n) is 6.72. The molecule has 1 aliphatic carbocycles. The summed E-state index contributed by atoms with van der Waals surface area (Å²) in [5.74, 6) is 0.608. The quantitative estimate of drug-likeness (QED) is 0.810. The monoisotopic (exact) mass is 360 g/mol. The van der Waals surface area contributed by atoms with Crippen molar-refractivity contribution in [3.8, 4) is 0 Å². The summed E-state index contributed by atoms with van der Waals surface area (Å²) in [4.78, 5) is 19.2. The number of halogens is 2. The van der Waals surface area contributed by atoms with Crippen LogP contribution < -0.4 is 0 Å². The van der Waals surface area contributed by atoms with Crippen LogP contribution in [0, 0.1) is 0 Å². The van der Waals surface area contributed by atoms with Crippen LogP contribution in [0.3, 0.4) is 0 Å². The van der Waals surface area contributed by atoms with Gasteiger partial charge in [0.1, 0.15) is 0 Å². The highest BCUT2D eigenvalue weighted by Gasteiger charge is 2.54. The average Bonchev–Trinajstić information content (AvgIpc) is 3.23. The molecule has 1 unspecified atom stereocenters. The molecule has 1 aliphatic heterocycles. The molecule has 2 aliphatic rings. The lowest BCUT2D eigenvalue weighted by Gasteiger charge is -2.24. The predicted molar refractivity (Wildman–Crippen MR) is 95.5 cm³/mol. The van der Waals surface area contributed by atoms with E-state index >= 15 is 0 Å². The number of carbonyl (C=O) groups is 1. The SMILES string of the molecule is O=C(N1CCC(c2ccncc2)C1)C1(c2ccc(Cl)cc2Cl)CC1. The number of pyridine rings is 1. The Morgan fingerprint density at radius 1 is 1.17 bits per heavy atom. The molecule has 1 amide bonds. The Hall–Kier alpha value is -1.58. The van der Waals surface area contributed by atoms with Crippen LogP contribution in [0.25, 0.3) is 0 Å². The molecule has 1 saturated carbocycles. The van der Waals surface area contributed by atoms with Crippen molar-refractivity contribution < 1.29 is 4.79 Å². The highest BCUT2D eigenvalue weighted by atomic mass is 35.5. The number of rotatable bonds is 3. The van der Waals surface area contributed by atoms with Gasteiger partial charge in [0.05, 0.1) is 5.41 Å². The van der Waals surface area contributed by atoms with Crippen LogP contribution in [0.15, 0.2) is 42.7 Å². The molecule has 2 aromatic rings. The van der Waals surface area contributed by atoms with Crippen LogP contribution in [-0.4, -0.2) is 28.9 Å². The molecule has 5 heteroatoms. The van der Waals surface area contributed by atoms with Gasteiger partial charge in [-0.1, -0.05) is 29.3 Å². The van der Waals surface area contributed by atoms with Crippen molar-refractivity contribution >= 4 is 29.1 Å². The number of nitrogens with zero attached hydrogens (tertiary/aromatic N) is 2. The molecule has 1 atom stereocenters. The molecule has 1 aromatic heterocycles. The van der Waals surface area contributed by atoms with E-state index in [2.05, 4.69) is 4.98 Å². The number of aromatic nitrogens is 1. The first kappa shape index (κ1) is 15.9. The Labute approximate surface area is 151 Å². The summed E-state index contributed by atoms with van der Waals surface area (Å²) in [7, 11) is 0. The van der Waals surface area contributed by atoms with Gasteiger partial charge >= 0.3 is 0 Å². The standard InChI is InChI=1S/C19H18Cl2N2O/c20-15-1-2-16(17(21)11-15)19(6-7-19)18(24)23-10-5-14(12-23)13-3-8-22-9-4-13/h1-4,8-9,11,14H,5-7,10,12H2. The van der Waals surface area contributed by atoms with E-state index in [0.717, 1.165) is 37.9 Å². The third kappa shape index (κ3) is 2.70. The molecule has 0 radical (unpaired) electrons. The van der Waals surface area contributed by atoms with Crippen LogP contribution >= 0.6 is 23.2 Å². The Morgan fingerprint density at radius 3 is 2.58 bits per heavy atom. The van der Waals surface area contributed by atoms with Gasteiger partial charge in [0.15, 0.2) is 0 Å². The zero-order chi connectivity index (χ0) is 16.7. The molecule has 4 rings (SSSR count). The summed E-state index contributed by atoms with van der Waals surface area (Å²) in [5, 5.41) is 1.20. The van der Waals surface area contributed by atoms with Gasteiger partial charge in [-0.15, -0.1) is 0 Å². The highest BCUT2D eigenvalue weighted by molar-refractivity contribution is 6.35. The average molecular weight is 361 g/mol. The zero-order valence-corrected chi connectivity index (χ0v) is 14.7. The van der Waals surface area contributed by atoms with Crippen LogP contribution in [0.1, 0.15) is 36.3 Å². The Balaban J connectivity index is 1.54. The van der Waals surface area contributed by atoms with Gasteiger partial charge in [-0.05, 0) is 54.7 Å². The van der Waals surface area contributed by atoms with Crippen molar-refractivity contribution in [3.05, 3.63) is 63.9 Å². The molecule has 0 N–H and O–H groups in total. The lowest BCUT2D eigenvalue weighted by Crippen LogP contribution is -2.37. The molecule has 2 fully saturated rings. The van der Waals surface area contributed by atoms with Gasteiger partial charge in [-0.25, -0.2) is 0 Å². The van der Waals surface area contributed by atoms with E-state index in [4.69, 9.17) is 23.2 Å². The number of benzene rings is 1. The van der Waals surface area contributed by atoms with Crippen LogP contribution in [-0.2, 0) is 10.2 Å². The molecule has 124 valence electrons. The number of amides is 1. The van der Waals surface area contributed by atoms with Crippen molar-refractivity contribution in [2.24, 2.45) is 0 Å². The maximum Gasteiger partial charge on any atom is 0.233 e. The van der Waals surface area contributed by atoms with E-state index in [1.165, 1.54) is 5.56 Å². The third-order valence-corrected chi connectivity index (χ3v) is 5.81. The highest BCUT2D eigenvalue weighted by Crippen LogP contribution is 2.52. The van der Waals surface area contributed by atoms with E-state index in [0.29, 0.717) is 16.0 Å². The van der Waals surface area contributed by atoms with Gasteiger partial charge in [0.2, 0.25) is 5.91 Å². The molecule has 0 spiro atoms. The summed E-state index contributed by atoms with van der Waals surface area (Å²) in [6.07, 6.45) is 6.36. The molecule has 1 aromatic carbocycles. The smallest absolute Gasteiger partial charge is 0.233 e. The van der Waals surface area contributed by atoms with Crippen molar-refractivity contribution in [2.45, 2.75) is 30.6 Å². The summed E-state index contributed by atoms with van der Waals surface area (Å²) in [6.45, 7) is 1.58. The fraction of sp³-hybridized carbons (Fsp3) is 0.368. The molecular formula is C19H18Cl2N2O. The van der Waals surface area contributed by atoms with E-state index in [-0.39, 0.29) is 5.91 Å². The Bertz CT molecular complexity index is 774. The molecule has 3 nitrogen and oxygen atoms in total. The van der Waals surface area contributed by atoms with Crippen LogP contribution in [0.5, 0.6) is 0 Å². The van der Waals surface area contributed by atoms with Gasteiger partial charge in [0, 0.05) is 41.4 Å². The largest absolute Gasteiger partial charge is 0.341 e. The third-order valence-electron chi connectivity index (χ3n) is 5.26. The molecule has 1 saturated heterocycles. The molecular weight excluding hydrogens is 343 g/mol. The summed E-state index contributed by atoms with van der Waals surface area (Å²) in [6, 6.07) is 9.55. The van der Waals surface area contributed by atoms with Crippen LogP contribution in [0.2, 0.25) is 10.0 Å². The second-order valence-corrected chi connectivity index (χ2v) is 7.57. The summed E-state index contributed by atoms with van der Waals surface area (Å²) >= 11 is 12.4. The Kier molecular flexibility index (Phi) is 4.01. The van der Waals surface area contributed by atoms with Crippen molar-refractivity contribution in [2.75, 3.05) is 13.1 Å². The van der Waals surface area contributed by atoms with E-state index < -0.39 is 5.41 Å². The van der Waals surface area contributed by atoms with Crippen molar-refractivity contribution in [1.29, 1.82) is 0 Å². The number of likely N-dealkylation sites (tertiary alicyclic amines) is 1. The minimum Gasteiger partial charge on any atom is -0.341 e. The zero-order valence-electron chi connectivity index (χ0n) is 13.2. The minimum atomic E-state index is -0.436. The van der Waals surface area contributed by atoms with Gasteiger partial charge < -0.3 is 4.90 Å². The topological polar surface area (TPSA) is 33.2 Å². The molecule has 2 heterocycles. The summed E-state index contributed by atoms with van der Waals surface area (Å²) in [5.41, 5.74) is 1.75. The lowest BCUT2D eigenvalue weighted by atomic mass is 9.94. The van der Waals surface area contributed by atoms with Gasteiger partial charge in [-0.3, -0.25) is 9.78 Å². The number of hydrogen-bond donors (Lipinski definition) is 0. The fourth-order valence-electron chi connectivity index (χ4n) is 3.76. The van der Waals surface area contributed by atoms with Crippen molar-refractivity contribution in [3.63, 3.8) is 0 Å². The summed E-state index contributed by atoms with van der Waals surface area (Å²) < 4.78 is 0. The maximum atomic E-state index is 13.2. The van der Waals surface area contributed by atoms with Crippen LogP contribution in [0.4, 0.5) is 0 Å².